The molecule has 17 heavy (non-hydrogen) atoms. The van der Waals surface area contributed by atoms with E-state index in [9.17, 15) is 26.3 Å². The van der Waals surface area contributed by atoms with Crippen LogP contribution in [0.1, 0.15) is 13.8 Å². The van der Waals surface area contributed by atoms with Crippen LogP contribution in [0.3, 0.4) is 0 Å². The molecule has 9 heteroatoms. The lowest BCUT2D eigenvalue weighted by Crippen LogP contribution is -2.20. The zero-order chi connectivity index (χ0) is 14.3. The van der Waals surface area contributed by atoms with Crippen molar-refractivity contribution in [2.45, 2.75) is 26.2 Å². The van der Waals surface area contributed by atoms with Crippen molar-refractivity contribution in [1.29, 1.82) is 0 Å². The highest BCUT2D eigenvalue weighted by Crippen LogP contribution is 2.45. The standard InChI is InChI=1S/C6H9F6P.C2H4O2/c1-2-13(3-5(7,8)9)4-6(10,11)12;1-2(3)4/h2-4H2,1H3;1H3,(H,3,4). The first-order valence-corrected chi connectivity index (χ1v) is 6.64. The fraction of sp³-hybridized carbons (Fsp3) is 0.875. The SMILES string of the molecule is CC(=O)[O-].CC[PH+](CC(F)(F)F)CC(F)(F)F. The van der Waals surface area contributed by atoms with Crippen molar-refractivity contribution in [1.82, 2.24) is 0 Å². The highest BCUT2D eigenvalue weighted by molar-refractivity contribution is 7.57. The maximum absolute atomic E-state index is 11.7. The van der Waals surface area contributed by atoms with Gasteiger partial charge in [-0.2, -0.15) is 26.3 Å². The number of carbonyl (C=O) groups excluding carboxylic acids is 1. The number of halogens is 6. The van der Waals surface area contributed by atoms with Crippen LogP contribution in [0.5, 0.6) is 0 Å². The molecule has 0 atom stereocenters. The van der Waals surface area contributed by atoms with Crippen molar-refractivity contribution in [2.24, 2.45) is 0 Å². The Morgan fingerprint density at radius 3 is 1.41 bits per heavy atom. The number of alkyl halides is 6. The molecule has 0 radical (unpaired) electrons. The van der Waals surface area contributed by atoms with Gasteiger partial charge in [-0.05, 0) is 13.8 Å². The average molecular weight is 286 g/mol. The lowest BCUT2D eigenvalue weighted by molar-refractivity contribution is -0.302. The van der Waals surface area contributed by atoms with Crippen LogP contribution in [0.4, 0.5) is 26.3 Å². The summed E-state index contributed by atoms with van der Waals surface area (Å²) in [7, 11) is -2.35. The van der Waals surface area contributed by atoms with E-state index in [4.69, 9.17) is 9.90 Å². The van der Waals surface area contributed by atoms with Crippen molar-refractivity contribution >= 4 is 13.9 Å². The third-order valence-electron chi connectivity index (χ3n) is 1.40. The van der Waals surface area contributed by atoms with Crippen LogP contribution in [0.25, 0.3) is 0 Å². The summed E-state index contributed by atoms with van der Waals surface area (Å²) in [6.45, 7) is 2.34. The predicted molar refractivity (Wildman–Crippen MR) is 51.4 cm³/mol. The molecule has 0 saturated heterocycles. The van der Waals surface area contributed by atoms with E-state index >= 15 is 0 Å². The van der Waals surface area contributed by atoms with E-state index in [1.54, 1.807) is 0 Å². The average Bonchev–Trinajstić information content (AvgIpc) is 1.96. The van der Waals surface area contributed by atoms with Gasteiger partial charge in [0.15, 0.2) is 12.3 Å². The van der Waals surface area contributed by atoms with Crippen molar-refractivity contribution in [2.75, 3.05) is 18.5 Å². The zero-order valence-corrected chi connectivity index (χ0v) is 10.2. The van der Waals surface area contributed by atoms with E-state index in [1.807, 2.05) is 0 Å². The highest BCUT2D eigenvalue weighted by atomic mass is 31.1. The van der Waals surface area contributed by atoms with Crippen LogP contribution in [-0.4, -0.2) is 36.8 Å². The summed E-state index contributed by atoms with van der Waals surface area (Å²) in [5.41, 5.74) is 0. The molecule has 0 aromatic rings. The zero-order valence-electron chi connectivity index (χ0n) is 9.21. The smallest absolute Gasteiger partial charge is 0.421 e. The van der Waals surface area contributed by atoms with Crippen LogP contribution in [0.15, 0.2) is 0 Å². The summed E-state index contributed by atoms with van der Waals surface area (Å²) >= 11 is 0. The molecule has 0 aliphatic rings. The molecule has 0 saturated carbocycles. The molecule has 0 bridgehead atoms. The second kappa shape index (κ2) is 7.74. The fourth-order valence-corrected chi connectivity index (χ4v) is 2.64. The minimum absolute atomic E-state index is 0.0102. The van der Waals surface area contributed by atoms with Gasteiger partial charge in [0.1, 0.15) is 0 Å². The summed E-state index contributed by atoms with van der Waals surface area (Å²) < 4.78 is 70.4. The van der Waals surface area contributed by atoms with Gasteiger partial charge in [-0.25, -0.2) is 0 Å². The summed E-state index contributed by atoms with van der Waals surface area (Å²) in [5.74, 6) is -1.08. The molecule has 0 aromatic carbocycles. The van der Waals surface area contributed by atoms with Crippen LogP contribution < -0.4 is 5.11 Å². The summed E-state index contributed by atoms with van der Waals surface area (Å²) in [5, 5.41) is 8.89. The number of aliphatic carboxylic acids is 1. The maximum atomic E-state index is 11.7. The summed E-state index contributed by atoms with van der Waals surface area (Å²) in [4.78, 5) is 8.89. The number of hydrogen-bond acceptors (Lipinski definition) is 2. The molecule has 0 aliphatic carbocycles. The van der Waals surface area contributed by atoms with E-state index < -0.39 is 38.6 Å². The molecule has 0 amide bonds. The molecule has 104 valence electrons. The topological polar surface area (TPSA) is 40.1 Å². The Balaban J connectivity index is 0. The minimum Gasteiger partial charge on any atom is -0.550 e. The molecule has 0 N–H and O–H groups in total. The van der Waals surface area contributed by atoms with Gasteiger partial charge >= 0.3 is 12.4 Å². The van der Waals surface area contributed by atoms with Crippen molar-refractivity contribution in [3.8, 4) is 0 Å². The third-order valence-corrected chi connectivity index (χ3v) is 4.20. The predicted octanol–water partition coefficient (Wildman–Crippen LogP) is 2.10. The number of carbonyl (C=O) groups is 1. The Hall–Kier alpha value is -0.520. The van der Waals surface area contributed by atoms with Crippen LogP contribution in [0.2, 0.25) is 0 Å². The first kappa shape index (κ1) is 18.8. The Kier molecular flexibility index (Phi) is 8.57. The van der Waals surface area contributed by atoms with Gasteiger partial charge in [0, 0.05) is 13.9 Å². The second-order valence-electron chi connectivity index (χ2n) is 3.18. The van der Waals surface area contributed by atoms with E-state index in [1.165, 1.54) is 6.92 Å². The number of carboxylic acids is 1. The number of carboxylic acid groups (broad SMARTS) is 1. The molecule has 0 aromatic heterocycles. The lowest BCUT2D eigenvalue weighted by atomic mass is 10.8. The number of hydrogen-bond donors (Lipinski definition) is 0. The molecule has 0 fully saturated rings. The highest BCUT2D eigenvalue weighted by Gasteiger charge is 2.42. The quantitative estimate of drug-likeness (QED) is 0.589. The minimum atomic E-state index is -4.46. The van der Waals surface area contributed by atoms with Gasteiger partial charge in [-0.15, -0.1) is 0 Å². The molecule has 0 heterocycles. The van der Waals surface area contributed by atoms with Crippen molar-refractivity contribution < 1.29 is 36.2 Å². The fourth-order valence-electron chi connectivity index (χ4n) is 0.879. The summed E-state index contributed by atoms with van der Waals surface area (Å²) in [6, 6.07) is 0. The third kappa shape index (κ3) is 21.3. The first-order chi connectivity index (χ1) is 7.37. The van der Waals surface area contributed by atoms with Crippen molar-refractivity contribution in [3.05, 3.63) is 0 Å². The summed E-state index contributed by atoms with van der Waals surface area (Å²) in [6.07, 6.45) is -11.4. The maximum Gasteiger partial charge on any atom is 0.421 e. The largest absolute Gasteiger partial charge is 0.550 e. The van der Waals surface area contributed by atoms with Gasteiger partial charge in [0.05, 0.1) is 6.16 Å². The van der Waals surface area contributed by atoms with Crippen LogP contribution in [-0.2, 0) is 4.79 Å². The Morgan fingerprint density at radius 2 is 1.29 bits per heavy atom. The molecule has 2 nitrogen and oxygen atoms in total. The van der Waals surface area contributed by atoms with E-state index in [2.05, 4.69) is 0 Å². The molecular weight excluding hydrogens is 273 g/mol. The van der Waals surface area contributed by atoms with Crippen LogP contribution in [0, 0.1) is 0 Å². The molecule has 0 unspecified atom stereocenters. The molecule has 0 spiro atoms. The van der Waals surface area contributed by atoms with Crippen LogP contribution >= 0.6 is 7.92 Å². The van der Waals surface area contributed by atoms with Gasteiger partial charge in [0.2, 0.25) is 0 Å². The Morgan fingerprint density at radius 1 is 1.06 bits per heavy atom. The molecule has 0 aliphatic heterocycles. The molecular formula is C8H13F6O2P. The van der Waals surface area contributed by atoms with E-state index in [0.29, 0.717) is 0 Å². The molecule has 0 rings (SSSR count). The van der Waals surface area contributed by atoms with Gasteiger partial charge in [-0.3, -0.25) is 0 Å². The van der Waals surface area contributed by atoms with Gasteiger partial charge < -0.3 is 9.90 Å². The monoisotopic (exact) mass is 286 g/mol. The normalized spacial score (nSPS) is 12.1. The first-order valence-electron chi connectivity index (χ1n) is 4.52. The van der Waals surface area contributed by atoms with E-state index in [0.717, 1.165) is 6.92 Å². The van der Waals surface area contributed by atoms with Gasteiger partial charge in [-0.1, -0.05) is 0 Å². The lowest BCUT2D eigenvalue weighted by Gasteiger charge is -2.12. The van der Waals surface area contributed by atoms with E-state index in [-0.39, 0.29) is 6.16 Å². The van der Waals surface area contributed by atoms with Crippen molar-refractivity contribution in [3.63, 3.8) is 0 Å². The Bertz CT molecular complexity index is 205. The van der Waals surface area contributed by atoms with Gasteiger partial charge in [0.25, 0.3) is 0 Å². The second-order valence-corrected chi connectivity index (χ2v) is 6.09. The number of rotatable bonds is 3. The Labute approximate surface area is 95.7 Å².